The number of amides is 1. The third-order valence-electron chi connectivity index (χ3n) is 6.89. The molecule has 0 atom stereocenters. The molecule has 0 aliphatic heterocycles. The van der Waals surface area contributed by atoms with Gasteiger partial charge in [-0.1, -0.05) is 137 Å². The number of aliphatic hydroxyl groups is 1. The van der Waals surface area contributed by atoms with Gasteiger partial charge in [-0.2, -0.15) is 0 Å². The molecule has 0 aromatic carbocycles. The first kappa shape index (κ1) is 45.9. The van der Waals surface area contributed by atoms with E-state index in [0.717, 1.165) is 64.2 Å². The summed E-state index contributed by atoms with van der Waals surface area (Å²) in [6.07, 6.45) is 55.4. The molecule has 0 heterocycles. The third-order valence-corrected chi connectivity index (χ3v) is 6.89. The van der Waals surface area contributed by atoms with Crippen molar-refractivity contribution in [2.75, 3.05) is 13.2 Å². The van der Waals surface area contributed by atoms with Crippen LogP contribution in [0.2, 0.25) is 0 Å². The van der Waals surface area contributed by atoms with Gasteiger partial charge >= 0.3 is 5.97 Å². The first-order valence-corrected chi connectivity index (χ1v) is 18.4. The van der Waals surface area contributed by atoms with Gasteiger partial charge in [-0.05, 0) is 89.9 Å². The minimum atomic E-state index is -0.712. The van der Waals surface area contributed by atoms with Gasteiger partial charge in [0.2, 0.25) is 5.91 Å². The highest BCUT2D eigenvalue weighted by molar-refractivity contribution is 5.75. The number of carbonyl (C=O) groups excluding carboxylic acids is 1. The van der Waals surface area contributed by atoms with Gasteiger partial charge < -0.3 is 15.5 Å². The van der Waals surface area contributed by atoms with Crippen LogP contribution in [0.3, 0.4) is 0 Å². The molecule has 0 aliphatic rings. The minimum absolute atomic E-state index is 0.00289. The topological polar surface area (TPSA) is 86.6 Å². The number of rotatable bonds is 30. The lowest BCUT2D eigenvalue weighted by Gasteiger charge is -2.00. The zero-order chi connectivity index (χ0) is 34.7. The van der Waals surface area contributed by atoms with Gasteiger partial charge in [-0.3, -0.25) is 9.59 Å². The van der Waals surface area contributed by atoms with Crippen LogP contribution in [-0.2, 0) is 9.59 Å². The van der Waals surface area contributed by atoms with Crippen molar-refractivity contribution >= 4 is 11.9 Å². The average molecular weight is 652 g/mol. The molecule has 47 heavy (non-hydrogen) atoms. The van der Waals surface area contributed by atoms with Gasteiger partial charge in [-0.15, -0.1) is 0 Å². The van der Waals surface area contributed by atoms with E-state index in [1.807, 2.05) is 0 Å². The van der Waals surface area contributed by atoms with E-state index in [1.165, 1.54) is 51.4 Å². The van der Waals surface area contributed by atoms with E-state index < -0.39 is 5.97 Å². The molecule has 0 bridgehead atoms. The monoisotopic (exact) mass is 652 g/mol. The van der Waals surface area contributed by atoms with Gasteiger partial charge in [0.15, 0.2) is 0 Å². The molecule has 1 amide bonds. The van der Waals surface area contributed by atoms with Crippen molar-refractivity contribution in [2.45, 2.75) is 142 Å². The van der Waals surface area contributed by atoms with Crippen molar-refractivity contribution in [3.63, 3.8) is 0 Å². The normalized spacial score (nSPS) is 12.3. The van der Waals surface area contributed by atoms with Crippen LogP contribution in [0.5, 0.6) is 0 Å². The van der Waals surface area contributed by atoms with Gasteiger partial charge in [0.25, 0.3) is 0 Å². The fourth-order valence-corrected chi connectivity index (χ4v) is 4.16. The molecule has 266 valence electrons. The molecule has 0 unspecified atom stereocenters. The summed E-state index contributed by atoms with van der Waals surface area (Å²) < 4.78 is 0. The molecule has 5 heteroatoms. The Labute approximate surface area is 289 Å². The number of nitrogens with one attached hydrogen (secondary N) is 1. The zero-order valence-electron chi connectivity index (χ0n) is 30.0. The summed E-state index contributed by atoms with van der Waals surface area (Å²) in [6, 6.07) is 0. The van der Waals surface area contributed by atoms with Crippen LogP contribution in [0.25, 0.3) is 0 Å². The minimum Gasteiger partial charge on any atom is -0.481 e. The van der Waals surface area contributed by atoms with Crippen molar-refractivity contribution in [3.8, 4) is 0 Å². The summed E-state index contributed by atoms with van der Waals surface area (Å²) in [5, 5.41) is 19.7. The fraction of sp³-hybridized carbons (Fsp3) is 0.571. The number of hydrogen-bond acceptors (Lipinski definition) is 3. The molecule has 0 aromatic heterocycles. The lowest BCUT2D eigenvalue weighted by molar-refractivity contribution is -0.137. The summed E-state index contributed by atoms with van der Waals surface area (Å²) in [5.74, 6) is -0.694. The van der Waals surface area contributed by atoms with Crippen molar-refractivity contribution in [2.24, 2.45) is 0 Å². The number of aliphatic carboxylic acids is 1. The second-order valence-electron chi connectivity index (χ2n) is 11.4. The highest BCUT2D eigenvalue weighted by Gasteiger charge is 1.97. The van der Waals surface area contributed by atoms with Crippen LogP contribution in [0.4, 0.5) is 0 Å². The molecule has 0 aliphatic carbocycles. The van der Waals surface area contributed by atoms with E-state index in [0.29, 0.717) is 13.0 Å². The standard InChI is InChI=1S/C22H37NO2.C20H32O2/c1-2-3-4-5-6-7-8-9-10-11-12-13-14-15-16-17-18-19-22(25)23-20-21-24;1-2-3-4-5-6-7-8-9-10-11-12-13-14-15-16-17-18-19-20(21)22/h6-7,9-10,12-13,15-16,24H,2-5,8,11,14,17-21H2,1H3,(H,23,25);6-7,9-10,12-13,15-16H,2-5,8,11,14,17-19H2,1H3,(H,21,22)/b2*7-6-,10-9-,13-12-,16-15-. The maximum Gasteiger partial charge on any atom is 0.303 e. The molecule has 0 saturated heterocycles. The summed E-state index contributed by atoms with van der Waals surface area (Å²) in [7, 11) is 0. The highest BCUT2D eigenvalue weighted by atomic mass is 16.4. The average Bonchev–Trinajstić information content (AvgIpc) is 3.06. The molecule has 0 fully saturated rings. The number of carboxylic acid groups (broad SMARTS) is 1. The molecule has 5 nitrogen and oxygen atoms in total. The van der Waals surface area contributed by atoms with Crippen molar-refractivity contribution in [1.82, 2.24) is 5.32 Å². The van der Waals surface area contributed by atoms with Crippen LogP contribution in [0.1, 0.15) is 142 Å². The van der Waals surface area contributed by atoms with Crippen molar-refractivity contribution < 1.29 is 19.8 Å². The third kappa shape index (κ3) is 47.3. The smallest absolute Gasteiger partial charge is 0.303 e. The Morgan fingerprint density at radius 2 is 0.787 bits per heavy atom. The highest BCUT2D eigenvalue weighted by Crippen LogP contribution is 2.03. The van der Waals surface area contributed by atoms with E-state index >= 15 is 0 Å². The quantitative estimate of drug-likeness (QED) is 0.0533. The number of carbonyl (C=O) groups is 2. The van der Waals surface area contributed by atoms with E-state index in [9.17, 15) is 9.59 Å². The van der Waals surface area contributed by atoms with E-state index in [4.69, 9.17) is 10.2 Å². The summed E-state index contributed by atoms with van der Waals surface area (Å²) in [6.45, 7) is 4.82. The Hall–Kier alpha value is -3.18. The van der Waals surface area contributed by atoms with Crippen LogP contribution >= 0.6 is 0 Å². The van der Waals surface area contributed by atoms with Gasteiger partial charge in [0.05, 0.1) is 6.61 Å². The fourth-order valence-electron chi connectivity index (χ4n) is 4.16. The second-order valence-corrected chi connectivity index (χ2v) is 11.4. The number of aliphatic hydroxyl groups excluding tert-OH is 1. The van der Waals surface area contributed by atoms with Gasteiger partial charge in [-0.25, -0.2) is 0 Å². The molecule has 0 saturated carbocycles. The molecule has 0 rings (SSSR count). The number of allylic oxidation sites excluding steroid dienone is 16. The second kappa shape index (κ2) is 42.8. The number of hydrogen-bond donors (Lipinski definition) is 3. The van der Waals surface area contributed by atoms with Crippen LogP contribution < -0.4 is 5.32 Å². The van der Waals surface area contributed by atoms with Gasteiger partial charge in [0, 0.05) is 19.4 Å². The summed E-state index contributed by atoms with van der Waals surface area (Å²) >= 11 is 0. The van der Waals surface area contributed by atoms with Crippen LogP contribution in [0, 0.1) is 0 Å². The van der Waals surface area contributed by atoms with E-state index in [-0.39, 0.29) is 18.9 Å². The van der Waals surface area contributed by atoms with Crippen molar-refractivity contribution in [1.29, 1.82) is 0 Å². The first-order valence-electron chi connectivity index (χ1n) is 18.4. The summed E-state index contributed by atoms with van der Waals surface area (Å²) in [4.78, 5) is 21.6. The first-order chi connectivity index (χ1) is 23.1. The molecule has 0 radical (unpaired) electrons. The van der Waals surface area contributed by atoms with Gasteiger partial charge in [0.1, 0.15) is 0 Å². The SMILES string of the molecule is CCCCC/C=C\C/C=C\C/C=C\C/C=C\CCCC(=O)NCCO.CCCCC/C=C\C/C=C\C/C=C\C/C=C\CCCC(=O)O. The molecule has 3 N–H and O–H groups in total. The molecule has 0 spiro atoms. The maximum atomic E-state index is 11.3. The largest absolute Gasteiger partial charge is 0.481 e. The van der Waals surface area contributed by atoms with Crippen molar-refractivity contribution in [3.05, 3.63) is 97.2 Å². The Morgan fingerprint density at radius 1 is 0.468 bits per heavy atom. The molecular formula is C42H69NO4. The number of unbranched alkanes of at least 4 members (excludes halogenated alkanes) is 8. The maximum absolute atomic E-state index is 11.3. The molecule has 0 aromatic rings. The lowest BCUT2D eigenvalue weighted by atomic mass is 10.2. The zero-order valence-corrected chi connectivity index (χ0v) is 30.0. The van der Waals surface area contributed by atoms with E-state index in [2.05, 4.69) is 116 Å². The number of carboxylic acids is 1. The Morgan fingerprint density at radius 3 is 1.11 bits per heavy atom. The predicted octanol–water partition coefficient (Wildman–Crippen LogP) is 11.5. The lowest BCUT2D eigenvalue weighted by Crippen LogP contribution is -2.25. The Kier molecular flexibility index (Phi) is 41.9. The van der Waals surface area contributed by atoms with E-state index in [1.54, 1.807) is 0 Å². The Balaban J connectivity index is 0. The van der Waals surface area contributed by atoms with Crippen LogP contribution in [-0.4, -0.2) is 35.2 Å². The summed E-state index contributed by atoms with van der Waals surface area (Å²) in [5.41, 5.74) is 0. The predicted molar refractivity (Wildman–Crippen MR) is 205 cm³/mol. The molecular weight excluding hydrogens is 582 g/mol. The van der Waals surface area contributed by atoms with Crippen LogP contribution in [0.15, 0.2) is 97.2 Å². The Bertz CT molecular complexity index is 921.